The largest absolute Gasteiger partial charge is 0.411 e. The summed E-state index contributed by atoms with van der Waals surface area (Å²) in [5.74, 6) is 0. The van der Waals surface area contributed by atoms with E-state index in [1.54, 1.807) is 12.1 Å². The number of fused-ring (bicyclic) bond motifs is 1. The van der Waals surface area contributed by atoms with Crippen LogP contribution in [0.1, 0.15) is 11.3 Å². The first kappa shape index (κ1) is 16.0. The highest BCUT2D eigenvalue weighted by Crippen LogP contribution is 2.61. The van der Waals surface area contributed by atoms with Gasteiger partial charge in [-0.2, -0.15) is 8.78 Å². The minimum atomic E-state index is -3.68. The maximum atomic E-state index is 14.3. The van der Waals surface area contributed by atoms with Crippen LogP contribution < -0.4 is 0 Å². The van der Waals surface area contributed by atoms with Gasteiger partial charge in [-0.15, -0.1) is 0 Å². The fourth-order valence-electron chi connectivity index (χ4n) is 1.81. The highest BCUT2D eigenvalue weighted by atomic mass is 79.9. The molecular formula is C13H12BrF2N2O2P. The molecule has 0 aliphatic heterocycles. The smallest absolute Gasteiger partial charge is 0.323 e. The van der Waals surface area contributed by atoms with Crippen molar-refractivity contribution in [3.8, 4) is 0 Å². The van der Waals surface area contributed by atoms with Crippen molar-refractivity contribution in [2.24, 2.45) is 5.16 Å². The molecule has 0 bridgehead atoms. The third kappa shape index (κ3) is 2.99. The van der Waals surface area contributed by atoms with Crippen LogP contribution in [0.25, 0.3) is 10.9 Å². The highest BCUT2D eigenvalue weighted by Gasteiger charge is 2.46. The molecule has 0 aliphatic carbocycles. The Morgan fingerprint density at radius 2 is 2.05 bits per heavy atom. The standard InChI is InChI=1S/C13H12BrF2N2O2P/c1-21(2,20)13(15,16)10-6-12-8(5-11(10)14)3-4-9(18-12)7-17-19/h3-7,19H,1-2H3/b17-7-. The Kier molecular flexibility index (Phi) is 4.17. The Bertz CT molecular complexity index is 774. The SMILES string of the molecule is CP(C)(=O)C(F)(F)c1cc2nc(/C=N\O)ccc2cc1Br. The molecule has 0 atom stereocenters. The molecule has 0 unspecified atom stereocenters. The van der Waals surface area contributed by atoms with Crippen molar-refractivity contribution < 1.29 is 18.6 Å². The number of halogens is 3. The van der Waals surface area contributed by atoms with Gasteiger partial charge in [0.15, 0.2) is 7.14 Å². The maximum Gasteiger partial charge on any atom is 0.323 e. The van der Waals surface area contributed by atoms with Crippen LogP contribution in [0.3, 0.4) is 0 Å². The number of nitrogens with zero attached hydrogens (tertiary/aromatic N) is 2. The van der Waals surface area contributed by atoms with E-state index in [0.717, 1.165) is 19.5 Å². The summed E-state index contributed by atoms with van der Waals surface area (Å²) in [6.45, 7) is 2.10. The lowest BCUT2D eigenvalue weighted by Gasteiger charge is -2.22. The van der Waals surface area contributed by atoms with Crippen LogP contribution in [-0.2, 0) is 10.2 Å². The fourth-order valence-corrected chi connectivity index (χ4v) is 3.34. The number of aromatic nitrogens is 1. The Hall–Kier alpha value is -1.33. The number of oxime groups is 1. The van der Waals surface area contributed by atoms with Gasteiger partial charge in [-0.1, -0.05) is 27.2 Å². The van der Waals surface area contributed by atoms with E-state index in [1.165, 1.54) is 12.1 Å². The molecule has 8 heteroatoms. The second kappa shape index (κ2) is 5.46. The number of benzene rings is 1. The van der Waals surface area contributed by atoms with Gasteiger partial charge < -0.3 is 9.77 Å². The molecule has 1 heterocycles. The number of rotatable bonds is 3. The summed E-state index contributed by atoms with van der Waals surface area (Å²) >= 11 is 3.10. The van der Waals surface area contributed by atoms with E-state index in [9.17, 15) is 13.3 Å². The summed E-state index contributed by atoms with van der Waals surface area (Å²) in [5.41, 5.74) is -3.19. The Labute approximate surface area is 128 Å². The molecule has 0 amide bonds. The van der Waals surface area contributed by atoms with Gasteiger partial charge in [0.25, 0.3) is 0 Å². The summed E-state index contributed by atoms with van der Waals surface area (Å²) in [5, 5.41) is 12.0. The van der Waals surface area contributed by atoms with Crippen LogP contribution in [-0.4, -0.2) is 29.7 Å². The Morgan fingerprint density at radius 1 is 1.38 bits per heavy atom. The first-order valence-electron chi connectivity index (χ1n) is 5.88. The van der Waals surface area contributed by atoms with E-state index in [2.05, 4.69) is 26.1 Å². The molecular weight excluding hydrogens is 365 g/mol. The number of pyridine rings is 1. The van der Waals surface area contributed by atoms with Crippen molar-refractivity contribution in [3.05, 3.63) is 40.0 Å². The molecule has 0 saturated carbocycles. The number of hydrogen-bond acceptors (Lipinski definition) is 4. The zero-order valence-electron chi connectivity index (χ0n) is 11.2. The van der Waals surface area contributed by atoms with Crippen LogP contribution in [0.4, 0.5) is 8.78 Å². The van der Waals surface area contributed by atoms with Crippen LogP contribution in [0, 0.1) is 0 Å². The molecule has 4 nitrogen and oxygen atoms in total. The molecule has 1 aromatic heterocycles. The second-order valence-electron chi connectivity index (χ2n) is 4.90. The van der Waals surface area contributed by atoms with E-state index >= 15 is 0 Å². The average molecular weight is 377 g/mol. The number of hydrogen-bond donors (Lipinski definition) is 1. The maximum absolute atomic E-state index is 14.3. The number of alkyl halides is 2. The van der Waals surface area contributed by atoms with Crippen molar-refractivity contribution >= 4 is 40.2 Å². The molecule has 2 aromatic rings. The third-order valence-corrected chi connectivity index (χ3v) is 5.24. The van der Waals surface area contributed by atoms with Gasteiger partial charge in [-0.25, -0.2) is 4.98 Å². The Morgan fingerprint density at radius 3 is 2.62 bits per heavy atom. The molecule has 1 aromatic carbocycles. The first-order chi connectivity index (χ1) is 9.66. The topological polar surface area (TPSA) is 62.5 Å². The molecule has 0 radical (unpaired) electrons. The summed E-state index contributed by atoms with van der Waals surface area (Å²) in [6.07, 6.45) is 1.10. The van der Waals surface area contributed by atoms with Crippen molar-refractivity contribution in [1.82, 2.24) is 4.98 Å². The molecule has 0 fully saturated rings. The molecule has 112 valence electrons. The summed E-state index contributed by atoms with van der Waals surface area (Å²) < 4.78 is 40.7. The van der Waals surface area contributed by atoms with E-state index in [4.69, 9.17) is 5.21 Å². The van der Waals surface area contributed by atoms with E-state index in [-0.39, 0.29) is 10.0 Å². The lowest BCUT2D eigenvalue weighted by Crippen LogP contribution is -2.14. The van der Waals surface area contributed by atoms with Gasteiger partial charge in [0, 0.05) is 15.4 Å². The fraction of sp³-hybridized carbons (Fsp3) is 0.231. The molecule has 21 heavy (non-hydrogen) atoms. The van der Waals surface area contributed by atoms with E-state index in [0.29, 0.717) is 16.6 Å². The lowest BCUT2D eigenvalue weighted by molar-refractivity contribution is 0.0886. The van der Waals surface area contributed by atoms with Crippen molar-refractivity contribution in [3.63, 3.8) is 0 Å². The van der Waals surface area contributed by atoms with E-state index < -0.39 is 12.8 Å². The third-order valence-electron chi connectivity index (χ3n) is 2.99. The molecule has 2 rings (SSSR count). The van der Waals surface area contributed by atoms with Gasteiger partial charge in [-0.3, -0.25) is 0 Å². The Balaban J connectivity index is 2.71. The second-order valence-corrected chi connectivity index (χ2v) is 9.02. The summed E-state index contributed by atoms with van der Waals surface area (Å²) in [6, 6.07) is 5.97. The van der Waals surface area contributed by atoms with Crippen molar-refractivity contribution in [2.75, 3.05) is 13.3 Å². The quantitative estimate of drug-likeness (QED) is 0.371. The first-order valence-corrected chi connectivity index (χ1v) is 9.27. The van der Waals surface area contributed by atoms with Crippen molar-refractivity contribution in [2.45, 2.75) is 5.66 Å². The van der Waals surface area contributed by atoms with Gasteiger partial charge in [0.1, 0.15) is 0 Å². The molecule has 0 aliphatic rings. The average Bonchev–Trinajstić information content (AvgIpc) is 2.37. The predicted octanol–water partition coefficient (Wildman–Crippen LogP) is 4.48. The van der Waals surface area contributed by atoms with Crippen LogP contribution in [0.5, 0.6) is 0 Å². The normalized spacial score (nSPS) is 13.2. The zero-order chi connectivity index (χ0) is 15.8. The molecule has 1 N–H and O–H groups in total. The molecule has 0 saturated heterocycles. The van der Waals surface area contributed by atoms with Gasteiger partial charge in [0.2, 0.25) is 0 Å². The van der Waals surface area contributed by atoms with Gasteiger partial charge >= 0.3 is 5.66 Å². The van der Waals surface area contributed by atoms with Crippen molar-refractivity contribution in [1.29, 1.82) is 0 Å². The van der Waals surface area contributed by atoms with Crippen LogP contribution in [0.2, 0.25) is 0 Å². The minimum absolute atomic E-state index is 0.175. The zero-order valence-corrected chi connectivity index (χ0v) is 13.7. The van der Waals surface area contributed by atoms with Crippen LogP contribution in [0.15, 0.2) is 33.9 Å². The highest BCUT2D eigenvalue weighted by molar-refractivity contribution is 9.10. The predicted molar refractivity (Wildman–Crippen MR) is 82.2 cm³/mol. The molecule has 0 spiro atoms. The van der Waals surface area contributed by atoms with Gasteiger partial charge in [0.05, 0.1) is 17.4 Å². The summed E-state index contributed by atoms with van der Waals surface area (Å²) in [7, 11) is -3.68. The van der Waals surface area contributed by atoms with E-state index in [1.807, 2.05) is 0 Å². The lowest BCUT2D eigenvalue weighted by atomic mass is 10.1. The van der Waals surface area contributed by atoms with Crippen LogP contribution >= 0.6 is 23.1 Å². The van der Waals surface area contributed by atoms with Gasteiger partial charge in [-0.05, 0) is 31.5 Å². The minimum Gasteiger partial charge on any atom is -0.411 e. The monoisotopic (exact) mass is 376 g/mol. The summed E-state index contributed by atoms with van der Waals surface area (Å²) in [4.78, 5) is 4.11.